The van der Waals surface area contributed by atoms with Crippen molar-refractivity contribution in [3.8, 4) is 0 Å². The van der Waals surface area contributed by atoms with E-state index in [9.17, 15) is 10.1 Å². The molecule has 1 fully saturated rings. The normalized spacial score (nSPS) is 19.1. The Hall–Kier alpha value is -1.57. The number of halogens is 1. The van der Waals surface area contributed by atoms with Crippen LogP contribution in [0.25, 0.3) is 10.9 Å². The van der Waals surface area contributed by atoms with Crippen LogP contribution in [0.4, 0.5) is 5.69 Å². The lowest BCUT2D eigenvalue weighted by atomic mass is 10.1. The van der Waals surface area contributed by atoms with Crippen molar-refractivity contribution in [2.75, 3.05) is 19.6 Å². The zero-order valence-electron chi connectivity index (χ0n) is 10.6. The maximum Gasteiger partial charge on any atom is 0.284 e. The van der Waals surface area contributed by atoms with E-state index in [1.165, 1.54) is 0 Å². The zero-order valence-corrected chi connectivity index (χ0v) is 12.2. The van der Waals surface area contributed by atoms with Crippen LogP contribution >= 0.6 is 15.9 Å². The molecule has 2 aromatic rings. The molecule has 0 radical (unpaired) electrons. The predicted molar refractivity (Wildman–Crippen MR) is 79.7 cm³/mol. The molecule has 1 aromatic carbocycles. The summed E-state index contributed by atoms with van der Waals surface area (Å²) in [5, 5.41) is 18.4. The van der Waals surface area contributed by atoms with Crippen molar-refractivity contribution in [1.82, 2.24) is 15.6 Å². The molecule has 104 valence electrons. The Kier molecular flexibility index (Phi) is 3.64. The molecule has 1 saturated heterocycles. The van der Waals surface area contributed by atoms with Crippen LogP contribution in [0.15, 0.2) is 28.7 Å². The third kappa shape index (κ3) is 2.52. The van der Waals surface area contributed by atoms with Crippen LogP contribution < -0.4 is 10.6 Å². The number of rotatable bonds is 2. The van der Waals surface area contributed by atoms with Crippen molar-refractivity contribution in [3.63, 3.8) is 0 Å². The van der Waals surface area contributed by atoms with Gasteiger partial charge in [0, 0.05) is 31.1 Å². The largest absolute Gasteiger partial charge is 0.314 e. The van der Waals surface area contributed by atoms with Gasteiger partial charge in [-0.05, 0) is 28.1 Å². The second kappa shape index (κ2) is 5.43. The van der Waals surface area contributed by atoms with Crippen LogP contribution in [-0.4, -0.2) is 29.5 Å². The van der Waals surface area contributed by atoms with Crippen molar-refractivity contribution in [2.24, 2.45) is 0 Å². The molecule has 0 amide bonds. The first-order chi connectivity index (χ1) is 9.65. The fourth-order valence-corrected chi connectivity index (χ4v) is 2.82. The van der Waals surface area contributed by atoms with E-state index in [2.05, 4.69) is 31.5 Å². The topological polar surface area (TPSA) is 80.1 Å². The Bertz CT molecular complexity index is 671. The van der Waals surface area contributed by atoms with Gasteiger partial charge in [0.2, 0.25) is 0 Å². The first-order valence-electron chi connectivity index (χ1n) is 6.34. The number of pyridine rings is 1. The summed E-state index contributed by atoms with van der Waals surface area (Å²) in [6.07, 6.45) is 0. The number of nitro groups is 1. The van der Waals surface area contributed by atoms with Crippen molar-refractivity contribution >= 4 is 32.5 Å². The molecule has 20 heavy (non-hydrogen) atoms. The molecule has 3 rings (SSSR count). The van der Waals surface area contributed by atoms with Gasteiger partial charge >= 0.3 is 0 Å². The van der Waals surface area contributed by atoms with E-state index < -0.39 is 4.92 Å². The van der Waals surface area contributed by atoms with Gasteiger partial charge in [-0.3, -0.25) is 15.1 Å². The van der Waals surface area contributed by atoms with Crippen LogP contribution in [0.2, 0.25) is 0 Å². The van der Waals surface area contributed by atoms with E-state index in [1.807, 2.05) is 12.1 Å². The SMILES string of the molecule is O=[N+]([O-])c1cc2ccc(C3CNCCN3)nc2cc1Br. The first kappa shape index (κ1) is 13.4. The van der Waals surface area contributed by atoms with Gasteiger partial charge < -0.3 is 10.6 Å². The van der Waals surface area contributed by atoms with Gasteiger partial charge in [-0.15, -0.1) is 0 Å². The Labute approximate surface area is 123 Å². The second-order valence-corrected chi connectivity index (χ2v) is 5.55. The predicted octanol–water partition coefficient (Wildman–Crippen LogP) is 2.14. The summed E-state index contributed by atoms with van der Waals surface area (Å²) >= 11 is 3.23. The van der Waals surface area contributed by atoms with Gasteiger partial charge in [-0.25, -0.2) is 0 Å². The third-order valence-corrected chi connectivity index (χ3v) is 4.01. The fraction of sp³-hybridized carbons (Fsp3) is 0.308. The van der Waals surface area contributed by atoms with E-state index >= 15 is 0 Å². The van der Waals surface area contributed by atoms with Crippen molar-refractivity contribution in [1.29, 1.82) is 0 Å². The van der Waals surface area contributed by atoms with Gasteiger partial charge in [0.1, 0.15) is 0 Å². The van der Waals surface area contributed by atoms with Crippen molar-refractivity contribution in [2.45, 2.75) is 6.04 Å². The Morgan fingerprint density at radius 1 is 1.35 bits per heavy atom. The maximum absolute atomic E-state index is 10.9. The molecular formula is C13H13BrN4O2. The summed E-state index contributed by atoms with van der Waals surface area (Å²) in [5.74, 6) is 0. The molecule has 0 spiro atoms. The molecule has 1 unspecified atom stereocenters. The summed E-state index contributed by atoms with van der Waals surface area (Å²) in [4.78, 5) is 15.1. The molecule has 1 aliphatic heterocycles. The maximum atomic E-state index is 10.9. The Morgan fingerprint density at radius 2 is 2.20 bits per heavy atom. The van der Waals surface area contributed by atoms with Gasteiger partial charge in [-0.1, -0.05) is 6.07 Å². The minimum Gasteiger partial charge on any atom is -0.314 e. The number of fused-ring (bicyclic) bond motifs is 1. The van der Waals surface area contributed by atoms with E-state index in [0.717, 1.165) is 36.2 Å². The highest BCUT2D eigenvalue weighted by molar-refractivity contribution is 9.10. The molecule has 1 atom stereocenters. The molecular weight excluding hydrogens is 324 g/mol. The number of nitro benzene ring substituents is 1. The fourth-order valence-electron chi connectivity index (χ4n) is 2.35. The van der Waals surface area contributed by atoms with E-state index in [4.69, 9.17) is 0 Å². The minimum absolute atomic E-state index is 0.0597. The number of piperazine rings is 1. The van der Waals surface area contributed by atoms with Crippen LogP contribution in [0.1, 0.15) is 11.7 Å². The Morgan fingerprint density at radius 3 is 2.90 bits per heavy atom. The third-order valence-electron chi connectivity index (χ3n) is 3.37. The quantitative estimate of drug-likeness (QED) is 0.648. The summed E-state index contributed by atoms with van der Waals surface area (Å²) in [7, 11) is 0. The average molecular weight is 337 g/mol. The number of hydrogen-bond donors (Lipinski definition) is 2. The van der Waals surface area contributed by atoms with Crippen molar-refractivity contribution < 1.29 is 4.92 Å². The highest BCUT2D eigenvalue weighted by Gasteiger charge is 2.18. The molecule has 0 bridgehead atoms. The minimum atomic E-state index is -0.399. The molecule has 0 saturated carbocycles. The zero-order chi connectivity index (χ0) is 14.1. The van der Waals surface area contributed by atoms with Crippen LogP contribution in [0, 0.1) is 10.1 Å². The van der Waals surface area contributed by atoms with Gasteiger partial charge in [-0.2, -0.15) is 0 Å². The molecule has 2 N–H and O–H groups in total. The van der Waals surface area contributed by atoms with E-state index in [1.54, 1.807) is 12.1 Å². The lowest BCUT2D eigenvalue weighted by molar-refractivity contribution is -0.385. The summed E-state index contributed by atoms with van der Waals surface area (Å²) < 4.78 is 0.453. The van der Waals surface area contributed by atoms with Gasteiger partial charge in [0.05, 0.1) is 26.6 Å². The standard InChI is InChI=1S/C13H13BrN4O2/c14-9-6-11-8(5-13(9)18(19)20)1-2-10(17-11)12-7-15-3-4-16-12/h1-2,5-6,12,15-16H,3-4,7H2. The van der Waals surface area contributed by atoms with E-state index in [-0.39, 0.29) is 11.7 Å². The van der Waals surface area contributed by atoms with Crippen LogP contribution in [-0.2, 0) is 0 Å². The van der Waals surface area contributed by atoms with E-state index in [0.29, 0.717) is 4.47 Å². The molecule has 6 nitrogen and oxygen atoms in total. The highest BCUT2D eigenvalue weighted by atomic mass is 79.9. The molecule has 1 aromatic heterocycles. The number of aromatic nitrogens is 1. The molecule has 1 aliphatic rings. The number of nitrogens with one attached hydrogen (secondary N) is 2. The second-order valence-electron chi connectivity index (χ2n) is 4.70. The van der Waals surface area contributed by atoms with Crippen LogP contribution in [0.3, 0.4) is 0 Å². The first-order valence-corrected chi connectivity index (χ1v) is 7.13. The van der Waals surface area contributed by atoms with Crippen molar-refractivity contribution in [3.05, 3.63) is 44.5 Å². The summed E-state index contributed by atoms with van der Waals surface area (Å²) in [6, 6.07) is 7.23. The van der Waals surface area contributed by atoms with Crippen LogP contribution in [0.5, 0.6) is 0 Å². The summed E-state index contributed by atoms with van der Waals surface area (Å²) in [5.41, 5.74) is 1.77. The highest BCUT2D eigenvalue weighted by Crippen LogP contribution is 2.30. The smallest absolute Gasteiger partial charge is 0.284 e. The average Bonchev–Trinajstić information content (AvgIpc) is 2.46. The lowest BCUT2D eigenvalue weighted by Crippen LogP contribution is -2.42. The number of nitrogens with zero attached hydrogens (tertiary/aromatic N) is 2. The van der Waals surface area contributed by atoms with Gasteiger partial charge in [0.15, 0.2) is 0 Å². The Balaban J connectivity index is 2.03. The molecule has 0 aliphatic carbocycles. The summed E-state index contributed by atoms with van der Waals surface area (Å²) in [6.45, 7) is 2.71. The number of benzene rings is 1. The lowest BCUT2D eigenvalue weighted by Gasteiger charge is -2.24. The molecule has 2 heterocycles. The molecule has 7 heteroatoms. The number of hydrogen-bond acceptors (Lipinski definition) is 5. The van der Waals surface area contributed by atoms with Gasteiger partial charge in [0.25, 0.3) is 5.69 Å². The monoisotopic (exact) mass is 336 g/mol.